The van der Waals surface area contributed by atoms with Crippen LogP contribution in [0, 0.1) is 5.92 Å². The third-order valence-corrected chi connectivity index (χ3v) is 4.49. The minimum atomic E-state index is 0.0328. The van der Waals surface area contributed by atoms with Crippen LogP contribution in [0.3, 0.4) is 0 Å². The fraction of sp³-hybridized carbons (Fsp3) is 0.417. The van der Waals surface area contributed by atoms with Crippen LogP contribution in [0.25, 0.3) is 6.08 Å². The molecule has 1 amide bonds. The highest BCUT2D eigenvalue weighted by atomic mass is 79.9. The van der Waals surface area contributed by atoms with Gasteiger partial charge in [0.1, 0.15) is 0 Å². The van der Waals surface area contributed by atoms with Crippen molar-refractivity contribution in [2.24, 2.45) is 5.92 Å². The maximum atomic E-state index is 11.8. The predicted octanol–water partition coefficient (Wildman–Crippen LogP) is 2.36. The molecule has 0 radical (unpaired) electrons. The van der Waals surface area contributed by atoms with Crippen LogP contribution in [0.1, 0.15) is 11.3 Å². The van der Waals surface area contributed by atoms with Crippen LogP contribution in [-0.4, -0.2) is 35.6 Å². The normalized spacial score (nSPS) is 20.4. The largest absolute Gasteiger partial charge is 0.396 e. The lowest BCUT2D eigenvalue weighted by Crippen LogP contribution is -2.27. The molecule has 2 heterocycles. The predicted molar refractivity (Wildman–Crippen MR) is 72.8 cm³/mol. The number of carbonyl (C=O) groups excluding carboxylic acids is 1. The van der Waals surface area contributed by atoms with E-state index >= 15 is 0 Å². The van der Waals surface area contributed by atoms with Crippen LogP contribution >= 0.6 is 27.3 Å². The summed E-state index contributed by atoms with van der Waals surface area (Å²) < 4.78 is 1.04. The zero-order valence-electron chi connectivity index (χ0n) is 9.30. The van der Waals surface area contributed by atoms with Gasteiger partial charge in [0.05, 0.1) is 0 Å². The Kier molecular flexibility index (Phi) is 4.36. The van der Waals surface area contributed by atoms with Gasteiger partial charge in [-0.2, -0.15) is 0 Å². The standard InChI is InChI=1S/C12H14BrNO2S/c13-10-5-11(17-8-10)1-2-12(16)14-4-3-9(6-14)7-15/h1-2,5,8-9,15H,3-4,6-7H2/b2-1+. The Bertz CT molecular complexity index is 430. The Morgan fingerprint density at radius 3 is 3.12 bits per heavy atom. The van der Waals surface area contributed by atoms with E-state index < -0.39 is 0 Å². The Morgan fingerprint density at radius 1 is 1.71 bits per heavy atom. The average molecular weight is 316 g/mol. The van der Waals surface area contributed by atoms with Gasteiger partial charge in [0.25, 0.3) is 0 Å². The van der Waals surface area contributed by atoms with E-state index in [0.717, 1.165) is 22.3 Å². The number of thiophene rings is 1. The monoisotopic (exact) mass is 315 g/mol. The number of amides is 1. The quantitative estimate of drug-likeness (QED) is 0.870. The molecule has 0 saturated carbocycles. The summed E-state index contributed by atoms with van der Waals surface area (Å²) in [4.78, 5) is 14.7. The van der Waals surface area contributed by atoms with Crippen molar-refractivity contribution >= 4 is 39.2 Å². The second kappa shape index (κ2) is 5.80. The number of likely N-dealkylation sites (tertiary alicyclic amines) is 1. The Balaban J connectivity index is 1.91. The SMILES string of the molecule is O=C(/C=C/c1cc(Br)cs1)N1CCC(CO)C1. The van der Waals surface area contributed by atoms with E-state index in [1.807, 2.05) is 17.5 Å². The molecule has 2 rings (SSSR count). The van der Waals surface area contributed by atoms with E-state index in [1.165, 1.54) is 0 Å². The fourth-order valence-electron chi connectivity index (χ4n) is 1.86. The van der Waals surface area contributed by atoms with Gasteiger partial charge in [-0.25, -0.2) is 0 Å². The van der Waals surface area contributed by atoms with Crippen molar-refractivity contribution in [3.8, 4) is 0 Å². The van der Waals surface area contributed by atoms with Gasteiger partial charge in [-0.1, -0.05) is 0 Å². The summed E-state index contributed by atoms with van der Waals surface area (Å²) in [6, 6.07) is 1.98. The van der Waals surface area contributed by atoms with E-state index in [9.17, 15) is 4.79 Å². The van der Waals surface area contributed by atoms with E-state index in [-0.39, 0.29) is 18.4 Å². The number of rotatable bonds is 3. The summed E-state index contributed by atoms with van der Waals surface area (Å²) >= 11 is 4.97. The average Bonchev–Trinajstić information content (AvgIpc) is 2.94. The summed E-state index contributed by atoms with van der Waals surface area (Å²) in [6.07, 6.45) is 4.35. The fourth-order valence-corrected chi connectivity index (χ4v) is 3.19. The van der Waals surface area contributed by atoms with E-state index in [0.29, 0.717) is 6.54 Å². The van der Waals surface area contributed by atoms with Gasteiger partial charge in [0, 0.05) is 46.4 Å². The van der Waals surface area contributed by atoms with E-state index in [1.54, 1.807) is 22.3 Å². The van der Waals surface area contributed by atoms with Crippen LogP contribution in [-0.2, 0) is 4.79 Å². The van der Waals surface area contributed by atoms with Gasteiger partial charge in [0.15, 0.2) is 0 Å². The molecule has 1 aromatic heterocycles. The van der Waals surface area contributed by atoms with Crippen molar-refractivity contribution in [1.82, 2.24) is 4.90 Å². The zero-order valence-corrected chi connectivity index (χ0v) is 11.7. The van der Waals surface area contributed by atoms with E-state index in [4.69, 9.17) is 5.11 Å². The molecule has 1 saturated heterocycles. The molecule has 0 bridgehead atoms. The summed E-state index contributed by atoms with van der Waals surface area (Å²) in [5, 5.41) is 11.0. The molecular weight excluding hydrogens is 302 g/mol. The van der Waals surface area contributed by atoms with Crippen LogP contribution in [0.2, 0.25) is 0 Å². The summed E-state index contributed by atoms with van der Waals surface area (Å²) in [5.74, 6) is 0.286. The first kappa shape index (κ1) is 12.8. The van der Waals surface area contributed by atoms with Crippen molar-refractivity contribution in [1.29, 1.82) is 0 Å². The van der Waals surface area contributed by atoms with Crippen LogP contribution < -0.4 is 0 Å². The van der Waals surface area contributed by atoms with Gasteiger partial charge < -0.3 is 10.0 Å². The minimum Gasteiger partial charge on any atom is -0.396 e. The molecule has 1 aliphatic heterocycles. The molecule has 5 heteroatoms. The number of hydrogen-bond acceptors (Lipinski definition) is 3. The molecule has 3 nitrogen and oxygen atoms in total. The van der Waals surface area contributed by atoms with Gasteiger partial charge in [0.2, 0.25) is 5.91 Å². The highest BCUT2D eigenvalue weighted by molar-refractivity contribution is 9.10. The molecule has 1 aliphatic rings. The smallest absolute Gasteiger partial charge is 0.246 e. The number of halogens is 1. The lowest BCUT2D eigenvalue weighted by atomic mass is 10.1. The zero-order chi connectivity index (χ0) is 12.3. The van der Waals surface area contributed by atoms with Crippen LogP contribution in [0.5, 0.6) is 0 Å². The van der Waals surface area contributed by atoms with Crippen LogP contribution in [0.4, 0.5) is 0 Å². The summed E-state index contributed by atoms with van der Waals surface area (Å²) in [5.41, 5.74) is 0. The molecule has 0 aliphatic carbocycles. The molecule has 0 spiro atoms. The third kappa shape index (κ3) is 3.40. The first-order valence-corrected chi connectivity index (χ1v) is 7.18. The minimum absolute atomic E-state index is 0.0328. The maximum absolute atomic E-state index is 11.8. The topological polar surface area (TPSA) is 40.5 Å². The summed E-state index contributed by atoms with van der Waals surface area (Å²) in [6.45, 7) is 1.60. The van der Waals surface area contributed by atoms with Crippen LogP contribution in [0.15, 0.2) is 22.0 Å². The Labute approximate surface area is 113 Å². The molecule has 1 fully saturated rings. The first-order chi connectivity index (χ1) is 8.19. The lowest BCUT2D eigenvalue weighted by molar-refractivity contribution is -0.125. The summed E-state index contributed by atoms with van der Waals surface area (Å²) in [7, 11) is 0. The molecule has 1 N–H and O–H groups in total. The van der Waals surface area contributed by atoms with Crippen molar-refractivity contribution in [2.45, 2.75) is 6.42 Å². The van der Waals surface area contributed by atoms with Gasteiger partial charge in [-0.05, 0) is 34.5 Å². The highest BCUT2D eigenvalue weighted by Gasteiger charge is 2.23. The second-order valence-electron chi connectivity index (χ2n) is 4.12. The molecule has 92 valence electrons. The molecule has 1 aromatic rings. The Morgan fingerprint density at radius 2 is 2.53 bits per heavy atom. The van der Waals surface area contributed by atoms with E-state index in [2.05, 4.69) is 15.9 Å². The van der Waals surface area contributed by atoms with Crippen molar-refractivity contribution < 1.29 is 9.90 Å². The number of aliphatic hydroxyl groups is 1. The molecule has 1 atom stereocenters. The Hall–Kier alpha value is -0.650. The number of hydrogen-bond donors (Lipinski definition) is 1. The van der Waals surface area contributed by atoms with Gasteiger partial charge in [-0.3, -0.25) is 4.79 Å². The maximum Gasteiger partial charge on any atom is 0.246 e. The molecule has 17 heavy (non-hydrogen) atoms. The number of aliphatic hydroxyl groups excluding tert-OH is 1. The number of nitrogens with zero attached hydrogens (tertiary/aromatic N) is 1. The highest BCUT2D eigenvalue weighted by Crippen LogP contribution is 2.21. The third-order valence-electron chi connectivity index (χ3n) is 2.83. The van der Waals surface area contributed by atoms with Gasteiger partial charge in [-0.15, -0.1) is 11.3 Å². The van der Waals surface area contributed by atoms with Crippen molar-refractivity contribution in [3.63, 3.8) is 0 Å². The first-order valence-electron chi connectivity index (χ1n) is 5.51. The molecule has 0 aromatic carbocycles. The number of carbonyl (C=O) groups is 1. The second-order valence-corrected chi connectivity index (χ2v) is 5.98. The van der Waals surface area contributed by atoms with Crippen molar-refractivity contribution in [2.75, 3.05) is 19.7 Å². The van der Waals surface area contributed by atoms with Crippen molar-refractivity contribution in [3.05, 3.63) is 26.9 Å². The van der Waals surface area contributed by atoms with Gasteiger partial charge >= 0.3 is 0 Å². The molecule has 1 unspecified atom stereocenters. The lowest BCUT2D eigenvalue weighted by Gasteiger charge is -2.13. The molecular formula is C12H14BrNO2S.